The normalized spacial score (nSPS) is 10.5. The molecule has 15 heavy (non-hydrogen) atoms. The van der Waals surface area contributed by atoms with E-state index in [1.807, 2.05) is 31.2 Å². The van der Waals surface area contributed by atoms with Gasteiger partial charge in [0.15, 0.2) is 0 Å². The number of aliphatic hydroxyl groups excluding tert-OH is 1. The highest BCUT2D eigenvalue weighted by Crippen LogP contribution is 2.10. The van der Waals surface area contributed by atoms with Gasteiger partial charge in [-0.05, 0) is 24.6 Å². The Bertz CT molecular complexity index is 525. The van der Waals surface area contributed by atoms with Crippen LogP contribution in [0.4, 0.5) is 0 Å². The minimum Gasteiger partial charge on any atom is -0.390 e. The number of benzene rings is 1. The minimum atomic E-state index is -0.208. The summed E-state index contributed by atoms with van der Waals surface area (Å²) in [5.74, 6) is 0. The van der Waals surface area contributed by atoms with E-state index in [2.05, 4.69) is 5.10 Å². The van der Waals surface area contributed by atoms with E-state index >= 15 is 0 Å². The van der Waals surface area contributed by atoms with E-state index in [1.54, 1.807) is 4.68 Å². The zero-order valence-corrected chi connectivity index (χ0v) is 8.40. The molecule has 2 rings (SSSR count). The summed E-state index contributed by atoms with van der Waals surface area (Å²) in [6, 6.07) is 9.09. The van der Waals surface area contributed by atoms with Gasteiger partial charge in [0.25, 0.3) is 5.56 Å². The minimum absolute atomic E-state index is 0.160. The topological polar surface area (TPSA) is 58.0 Å². The third-order valence-electron chi connectivity index (χ3n) is 2.23. The van der Waals surface area contributed by atoms with Crippen LogP contribution in [-0.2, 0) is 6.61 Å². The highest BCUT2D eigenvalue weighted by atomic mass is 16.3. The zero-order valence-electron chi connectivity index (χ0n) is 8.40. The van der Waals surface area contributed by atoms with Crippen LogP contribution >= 0.6 is 0 Å². The maximum atomic E-state index is 11.1. The molecule has 0 unspecified atom stereocenters. The fourth-order valence-corrected chi connectivity index (χ4v) is 1.54. The van der Waals surface area contributed by atoms with Crippen LogP contribution in [0.2, 0.25) is 0 Å². The van der Waals surface area contributed by atoms with Gasteiger partial charge in [-0.1, -0.05) is 12.1 Å². The number of H-pyrrole nitrogens is 1. The van der Waals surface area contributed by atoms with Crippen molar-refractivity contribution in [3.63, 3.8) is 0 Å². The van der Waals surface area contributed by atoms with Gasteiger partial charge in [-0.3, -0.25) is 14.6 Å². The predicted molar refractivity (Wildman–Crippen MR) is 57.0 cm³/mol. The molecule has 0 radical (unpaired) electrons. The molecule has 78 valence electrons. The van der Waals surface area contributed by atoms with Crippen LogP contribution < -0.4 is 5.56 Å². The molecule has 1 heterocycles. The molecule has 0 saturated carbocycles. The number of nitrogens with one attached hydrogen (secondary N) is 1. The summed E-state index contributed by atoms with van der Waals surface area (Å²) in [6.07, 6.45) is 0. The van der Waals surface area contributed by atoms with Gasteiger partial charge in [0, 0.05) is 6.07 Å². The maximum absolute atomic E-state index is 11.1. The molecule has 0 aliphatic carbocycles. The maximum Gasteiger partial charge on any atom is 0.264 e. The van der Waals surface area contributed by atoms with Gasteiger partial charge in [-0.15, -0.1) is 0 Å². The first-order valence-electron chi connectivity index (χ1n) is 4.69. The molecule has 1 aromatic carbocycles. The molecular formula is C11H12N2O2. The number of rotatable bonds is 2. The van der Waals surface area contributed by atoms with Crippen LogP contribution in [0, 0.1) is 6.92 Å². The number of hydrogen-bond acceptors (Lipinski definition) is 2. The number of nitrogens with zero attached hydrogens (tertiary/aromatic N) is 1. The summed E-state index contributed by atoms with van der Waals surface area (Å²) in [5.41, 5.74) is 2.30. The van der Waals surface area contributed by atoms with E-state index in [4.69, 9.17) is 5.11 Å². The van der Waals surface area contributed by atoms with Gasteiger partial charge in [0.2, 0.25) is 0 Å². The standard InChI is InChI=1S/C11H12N2O2/c1-8-3-2-4-9(5-8)13-10(7-14)6-11(15)12-13/h2-6,14H,7H2,1H3,(H,12,15). The Hall–Kier alpha value is -1.81. The number of aromatic nitrogens is 2. The van der Waals surface area contributed by atoms with Crippen molar-refractivity contribution in [1.29, 1.82) is 0 Å². The van der Waals surface area contributed by atoms with Crippen molar-refractivity contribution in [1.82, 2.24) is 9.78 Å². The third kappa shape index (κ3) is 1.85. The van der Waals surface area contributed by atoms with E-state index in [0.717, 1.165) is 11.3 Å². The van der Waals surface area contributed by atoms with Crippen molar-refractivity contribution in [3.8, 4) is 5.69 Å². The van der Waals surface area contributed by atoms with Crippen LogP contribution in [-0.4, -0.2) is 14.9 Å². The van der Waals surface area contributed by atoms with Crippen LogP contribution in [0.15, 0.2) is 35.1 Å². The van der Waals surface area contributed by atoms with Crippen LogP contribution in [0.5, 0.6) is 0 Å². The Morgan fingerprint density at radius 3 is 2.87 bits per heavy atom. The molecule has 4 heteroatoms. The molecule has 4 nitrogen and oxygen atoms in total. The second-order valence-corrected chi connectivity index (χ2v) is 3.44. The van der Waals surface area contributed by atoms with Gasteiger partial charge < -0.3 is 5.11 Å². The quantitative estimate of drug-likeness (QED) is 0.765. The van der Waals surface area contributed by atoms with E-state index in [0.29, 0.717) is 5.69 Å². The smallest absolute Gasteiger partial charge is 0.264 e. The molecule has 0 spiro atoms. The van der Waals surface area contributed by atoms with E-state index < -0.39 is 0 Å². The molecule has 0 aliphatic rings. The molecule has 2 aromatic rings. The molecular weight excluding hydrogens is 192 g/mol. The van der Waals surface area contributed by atoms with E-state index in [-0.39, 0.29) is 12.2 Å². The van der Waals surface area contributed by atoms with Gasteiger partial charge in [-0.2, -0.15) is 0 Å². The largest absolute Gasteiger partial charge is 0.390 e. The number of hydrogen-bond donors (Lipinski definition) is 2. The molecule has 0 saturated heterocycles. The average Bonchev–Trinajstić information content (AvgIpc) is 2.59. The third-order valence-corrected chi connectivity index (χ3v) is 2.23. The molecule has 0 amide bonds. The molecule has 0 atom stereocenters. The Kier molecular flexibility index (Phi) is 2.43. The molecule has 2 N–H and O–H groups in total. The number of aryl methyl sites for hydroxylation is 1. The summed E-state index contributed by atoms with van der Waals surface area (Å²) in [4.78, 5) is 11.1. The van der Waals surface area contributed by atoms with Gasteiger partial charge in [0.1, 0.15) is 0 Å². The summed E-state index contributed by atoms with van der Waals surface area (Å²) in [5, 5.41) is 11.7. The summed E-state index contributed by atoms with van der Waals surface area (Å²) in [6.45, 7) is 1.82. The lowest BCUT2D eigenvalue weighted by molar-refractivity contribution is 0.273. The Balaban J connectivity index is 2.57. The number of aliphatic hydroxyl groups is 1. The van der Waals surface area contributed by atoms with Crippen LogP contribution in [0.3, 0.4) is 0 Å². The van der Waals surface area contributed by atoms with Crippen molar-refractivity contribution in [3.05, 3.63) is 51.9 Å². The summed E-state index contributed by atoms with van der Waals surface area (Å²) < 4.78 is 1.59. The fraction of sp³-hybridized carbons (Fsp3) is 0.182. The lowest BCUT2D eigenvalue weighted by atomic mass is 10.2. The SMILES string of the molecule is Cc1cccc(-n2[nH]c(=O)cc2CO)c1. The molecule has 1 aromatic heterocycles. The van der Waals surface area contributed by atoms with Gasteiger partial charge >= 0.3 is 0 Å². The second-order valence-electron chi connectivity index (χ2n) is 3.44. The highest BCUT2D eigenvalue weighted by Gasteiger charge is 2.04. The average molecular weight is 204 g/mol. The van der Waals surface area contributed by atoms with Crippen LogP contribution in [0.25, 0.3) is 5.69 Å². The lowest BCUT2D eigenvalue weighted by Gasteiger charge is -2.06. The summed E-state index contributed by atoms with van der Waals surface area (Å²) in [7, 11) is 0. The van der Waals surface area contributed by atoms with Crippen molar-refractivity contribution in [2.45, 2.75) is 13.5 Å². The van der Waals surface area contributed by atoms with Crippen molar-refractivity contribution >= 4 is 0 Å². The highest BCUT2D eigenvalue weighted by molar-refractivity contribution is 5.35. The van der Waals surface area contributed by atoms with Crippen molar-refractivity contribution in [2.75, 3.05) is 0 Å². The first-order chi connectivity index (χ1) is 7.20. The molecule has 0 bridgehead atoms. The molecule has 0 fully saturated rings. The monoisotopic (exact) mass is 204 g/mol. The van der Waals surface area contributed by atoms with E-state index in [1.165, 1.54) is 6.07 Å². The lowest BCUT2D eigenvalue weighted by Crippen LogP contribution is -2.05. The fourth-order valence-electron chi connectivity index (χ4n) is 1.54. The Morgan fingerprint density at radius 2 is 2.20 bits per heavy atom. The Labute approximate surface area is 86.8 Å². The zero-order chi connectivity index (χ0) is 10.8. The first kappa shape index (κ1) is 9.73. The Morgan fingerprint density at radius 1 is 1.40 bits per heavy atom. The number of aromatic amines is 1. The van der Waals surface area contributed by atoms with E-state index in [9.17, 15) is 4.79 Å². The van der Waals surface area contributed by atoms with Crippen LogP contribution in [0.1, 0.15) is 11.3 Å². The van der Waals surface area contributed by atoms with Crippen molar-refractivity contribution < 1.29 is 5.11 Å². The molecule has 0 aliphatic heterocycles. The van der Waals surface area contributed by atoms with Crippen molar-refractivity contribution in [2.24, 2.45) is 0 Å². The van der Waals surface area contributed by atoms with Gasteiger partial charge in [0.05, 0.1) is 18.0 Å². The first-order valence-corrected chi connectivity index (χ1v) is 4.69. The van der Waals surface area contributed by atoms with Gasteiger partial charge in [-0.25, -0.2) is 0 Å². The summed E-state index contributed by atoms with van der Waals surface area (Å²) >= 11 is 0. The second kappa shape index (κ2) is 3.74. The predicted octanol–water partition coefficient (Wildman–Crippen LogP) is 0.966.